The summed E-state index contributed by atoms with van der Waals surface area (Å²) in [6.45, 7) is 12.4. The van der Waals surface area contributed by atoms with Crippen LogP contribution in [0.1, 0.15) is 59.3 Å². The minimum atomic E-state index is 0.500. The molecule has 106 valence electrons. The molecule has 2 rings (SSSR count). The molecule has 2 atom stereocenters. The van der Waals surface area contributed by atoms with Crippen LogP contribution in [0.5, 0.6) is 0 Å². The summed E-state index contributed by atoms with van der Waals surface area (Å²) in [7, 11) is 0. The molecule has 2 unspecified atom stereocenters. The molecule has 0 aliphatic carbocycles. The van der Waals surface area contributed by atoms with E-state index in [1.807, 2.05) is 0 Å². The maximum atomic E-state index is 3.66. The Morgan fingerprint density at radius 2 is 2.00 bits per heavy atom. The van der Waals surface area contributed by atoms with Crippen molar-refractivity contribution in [3.63, 3.8) is 0 Å². The summed E-state index contributed by atoms with van der Waals surface area (Å²) < 4.78 is 0. The van der Waals surface area contributed by atoms with Gasteiger partial charge in [-0.15, -0.1) is 0 Å². The number of likely N-dealkylation sites (tertiary alicyclic amines) is 1. The molecule has 2 heteroatoms. The average molecular weight is 252 g/mol. The van der Waals surface area contributed by atoms with Crippen molar-refractivity contribution < 1.29 is 0 Å². The standard InChI is InChI=1S/C16H32N2/c1-16(2,3)14-9-12-18(13-14)11-6-8-15-7-4-5-10-17-15/h14-15,17H,4-13H2,1-3H3. The van der Waals surface area contributed by atoms with Gasteiger partial charge in [0.05, 0.1) is 0 Å². The van der Waals surface area contributed by atoms with Gasteiger partial charge in [-0.2, -0.15) is 0 Å². The quantitative estimate of drug-likeness (QED) is 0.826. The summed E-state index contributed by atoms with van der Waals surface area (Å²) in [5.74, 6) is 0.908. The van der Waals surface area contributed by atoms with Crippen LogP contribution < -0.4 is 5.32 Å². The van der Waals surface area contributed by atoms with Crippen LogP contribution in [0.15, 0.2) is 0 Å². The van der Waals surface area contributed by atoms with Gasteiger partial charge in [0.15, 0.2) is 0 Å². The van der Waals surface area contributed by atoms with Crippen molar-refractivity contribution >= 4 is 0 Å². The van der Waals surface area contributed by atoms with Crippen molar-refractivity contribution in [2.75, 3.05) is 26.2 Å². The Morgan fingerprint density at radius 1 is 1.17 bits per heavy atom. The van der Waals surface area contributed by atoms with E-state index >= 15 is 0 Å². The van der Waals surface area contributed by atoms with Crippen LogP contribution in [0.4, 0.5) is 0 Å². The van der Waals surface area contributed by atoms with E-state index in [0.29, 0.717) is 5.41 Å². The summed E-state index contributed by atoms with van der Waals surface area (Å²) in [5, 5.41) is 3.66. The normalized spacial score (nSPS) is 30.8. The fourth-order valence-corrected chi connectivity index (χ4v) is 3.47. The van der Waals surface area contributed by atoms with Crippen LogP contribution >= 0.6 is 0 Å². The molecule has 1 N–H and O–H groups in total. The Bertz CT molecular complexity index is 238. The van der Waals surface area contributed by atoms with E-state index < -0.39 is 0 Å². The van der Waals surface area contributed by atoms with Gasteiger partial charge < -0.3 is 10.2 Å². The molecule has 0 radical (unpaired) electrons. The molecule has 0 amide bonds. The number of nitrogens with zero attached hydrogens (tertiary/aromatic N) is 1. The first-order valence-electron chi connectivity index (χ1n) is 8.01. The predicted molar refractivity (Wildman–Crippen MR) is 78.9 cm³/mol. The zero-order chi connectivity index (χ0) is 13.0. The third kappa shape index (κ3) is 4.24. The minimum absolute atomic E-state index is 0.500. The zero-order valence-electron chi connectivity index (χ0n) is 12.7. The summed E-state index contributed by atoms with van der Waals surface area (Å²) in [6, 6.07) is 0.819. The third-order valence-corrected chi connectivity index (χ3v) is 4.94. The summed E-state index contributed by atoms with van der Waals surface area (Å²) >= 11 is 0. The molecule has 0 aromatic rings. The molecular weight excluding hydrogens is 220 g/mol. The van der Waals surface area contributed by atoms with Crippen molar-refractivity contribution in [1.82, 2.24) is 10.2 Å². The van der Waals surface area contributed by atoms with Crippen LogP contribution in [0, 0.1) is 11.3 Å². The van der Waals surface area contributed by atoms with Crippen LogP contribution in [0.25, 0.3) is 0 Å². The monoisotopic (exact) mass is 252 g/mol. The molecule has 2 saturated heterocycles. The van der Waals surface area contributed by atoms with Crippen LogP contribution in [-0.4, -0.2) is 37.1 Å². The molecule has 0 saturated carbocycles. The summed E-state index contributed by atoms with van der Waals surface area (Å²) in [4.78, 5) is 2.69. The molecule has 0 aromatic carbocycles. The Balaban J connectivity index is 1.60. The largest absolute Gasteiger partial charge is 0.314 e. The average Bonchev–Trinajstić information content (AvgIpc) is 2.79. The van der Waals surface area contributed by atoms with Gasteiger partial charge in [0, 0.05) is 12.6 Å². The Hall–Kier alpha value is -0.0800. The molecule has 0 aromatic heterocycles. The number of hydrogen-bond donors (Lipinski definition) is 1. The fourth-order valence-electron chi connectivity index (χ4n) is 3.47. The molecule has 2 aliphatic rings. The number of nitrogens with one attached hydrogen (secondary N) is 1. The first-order valence-corrected chi connectivity index (χ1v) is 8.01. The van der Waals surface area contributed by atoms with E-state index in [-0.39, 0.29) is 0 Å². The molecule has 2 fully saturated rings. The Labute approximate surface area is 114 Å². The third-order valence-electron chi connectivity index (χ3n) is 4.94. The van der Waals surface area contributed by atoms with E-state index in [0.717, 1.165) is 12.0 Å². The van der Waals surface area contributed by atoms with Gasteiger partial charge in [-0.25, -0.2) is 0 Å². The van der Waals surface area contributed by atoms with Crippen molar-refractivity contribution in [2.24, 2.45) is 11.3 Å². The van der Waals surface area contributed by atoms with E-state index in [4.69, 9.17) is 0 Å². The molecule has 18 heavy (non-hydrogen) atoms. The van der Waals surface area contributed by atoms with E-state index in [1.165, 1.54) is 64.7 Å². The number of hydrogen-bond acceptors (Lipinski definition) is 2. The van der Waals surface area contributed by atoms with Crippen molar-refractivity contribution in [2.45, 2.75) is 65.3 Å². The fraction of sp³-hybridized carbons (Fsp3) is 1.00. The maximum Gasteiger partial charge on any atom is 0.00675 e. The lowest BCUT2D eigenvalue weighted by molar-refractivity contribution is 0.225. The highest BCUT2D eigenvalue weighted by molar-refractivity contribution is 4.84. The first kappa shape index (κ1) is 14.3. The molecule has 2 heterocycles. The van der Waals surface area contributed by atoms with Gasteiger partial charge in [-0.3, -0.25) is 0 Å². The van der Waals surface area contributed by atoms with Gasteiger partial charge in [-0.1, -0.05) is 27.2 Å². The lowest BCUT2D eigenvalue weighted by Gasteiger charge is -2.27. The summed E-state index contributed by atoms with van der Waals surface area (Å²) in [6.07, 6.45) is 8.41. The molecule has 2 nitrogen and oxygen atoms in total. The van der Waals surface area contributed by atoms with E-state index in [2.05, 4.69) is 31.0 Å². The Morgan fingerprint density at radius 3 is 2.61 bits per heavy atom. The molecular formula is C16H32N2. The second-order valence-corrected chi connectivity index (χ2v) is 7.44. The topological polar surface area (TPSA) is 15.3 Å². The van der Waals surface area contributed by atoms with Crippen molar-refractivity contribution in [3.05, 3.63) is 0 Å². The van der Waals surface area contributed by atoms with Gasteiger partial charge in [0.1, 0.15) is 0 Å². The van der Waals surface area contributed by atoms with Crippen LogP contribution in [0.2, 0.25) is 0 Å². The van der Waals surface area contributed by atoms with Crippen LogP contribution in [-0.2, 0) is 0 Å². The van der Waals surface area contributed by atoms with Crippen molar-refractivity contribution in [3.8, 4) is 0 Å². The lowest BCUT2D eigenvalue weighted by Crippen LogP contribution is -2.34. The highest BCUT2D eigenvalue weighted by Gasteiger charge is 2.31. The van der Waals surface area contributed by atoms with E-state index in [9.17, 15) is 0 Å². The second kappa shape index (κ2) is 6.38. The predicted octanol–water partition coefficient (Wildman–Crippen LogP) is 3.28. The zero-order valence-corrected chi connectivity index (χ0v) is 12.7. The van der Waals surface area contributed by atoms with Crippen LogP contribution in [0.3, 0.4) is 0 Å². The number of piperidine rings is 1. The summed E-state index contributed by atoms with van der Waals surface area (Å²) in [5.41, 5.74) is 0.500. The first-order chi connectivity index (χ1) is 8.55. The van der Waals surface area contributed by atoms with Crippen molar-refractivity contribution in [1.29, 1.82) is 0 Å². The maximum absolute atomic E-state index is 3.66. The van der Waals surface area contributed by atoms with Gasteiger partial charge >= 0.3 is 0 Å². The molecule has 0 bridgehead atoms. The second-order valence-electron chi connectivity index (χ2n) is 7.44. The molecule has 0 spiro atoms. The Kier molecular flexibility index (Phi) is 5.08. The highest BCUT2D eigenvalue weighted by Crippen LogP contribution is 2.33. The highest BCUT2D eigenvalue weighted by atomic mass is 15.1. The van der Waals surface area contributed by atoms with E-state index in [1.54, 1.807) is 0 Å². The van der Waals surface area contributed by atoms with Gasteiger partial charge in [-0.05, 0) is 63.1 Å². The minimum Gasteiger partial charge on any atom is -0.314 e. The SMILES string of the molecule is CC(C)(C)C1CCN(CCCC2CCCCN2)C1. The van der Waals surface area contributed by atoms with Gasteiger partial charge in [0.25, 0.3) is 0 Å². The number of rotatable bonds is 4. The lowest BCUT2D eigenvalue weighted by atomic mass is 9.80. The smallest absolute Gasteiger partial charge is 0.00675 e. The molecule has 2 aliphatic heterocycles. The van der Waals surface area contributed by atoms with Gasteiger partial charge in [0.2, 0.25) is 0 Å².